The Morgan fingerprint density at radius 1 is 1.11 bits per heavy atom. The largest absolute Gasteiger partial charge is 0.492 e. The third-order valence-corrected chi connectivity index (χ3v) is 8.25. The Morgan fingerprint density at radius 3 is 2.13 bits per heavy atom. The van der Waals surface area contributed by atoms with Crippen molar-refractivity contribution in [2.45, 2.75) is 75.9 Å². The number of halogens is 7. The van der Waals surface area contributed by atoms with Crippen LogP contribution in [0.1, 0.15) is 52.5 Å². The minimum atomic E-state index is -4.73. The summed E-state index contributed by atoms with van der Waals surface area (Å²) in [5.74, 6) is -8.10. The van der Waals surface area contributed by atoms with E-state index in [-0.39, 0.29) is 25.3 Å². The highest BCUT2D eigenvalue weighted by Crippen LogP contribution is 2.65. The number of hydrogen-bond donors (Lipinski definition) is 1. The number of benzene rings is 1. The van der Waals surface area contributed by atoms with E-state index in [0.717, 1.165) is 13.0 Å². The molecule has 3 aliphatic rings. The van der Waals surface area contributed by atoms with E-state index in [9.17, 15) is 40.6 Å². The first-order valence-electron chi connectivity index (χ1n) is 12.3. The van der Waals surface area contributed by atoms with Gasteiger partial charge in [0, 0.05) is 37.4 Å². The molecule has 4 rings (SSSR count). The summed E-state index contributed by atoms with van der Waals surface area (Å²) in [5.41, 5.74) is -2.02. The fourth-order valence-electron chi connectivity index (χ4n) is 4.51. The highest BCUT2D eigenvalue weighted by Gasteiger charge is 2.72. The quantitative estimate of drug-likeness (QED) is 0.290. The first-order valence-corrected chi connectivity index (χ1v) is 13.1. The lowest BCUT2D eigenvalue weighted by Gasteiger charge is -2.33. The van der Waals surface area contributed by atoms with Gasteiger partial charge >= 0.3 is 12.1 Å². The molecule has 1 N–H and O–H groups in total. The van der Waals surface area contributed by atoms with E-state index in [1.807, 2.05) is 16.3 Å². The minimum absolute atomic E-state index is 0.0625. The van der Waals surface area contributed by atoms with E-state index in [2.05, 4.69) is 0 Å². The summed E-state index contributed by atoms with van der Waals surface area (Å²) in [6.45, 7) is 5.65. The molecule has 0 saturated heterocycles. The monoisotopic (exact) mass is 574 g/mol. The Morgan fingerprint density at radius 2 is 1.66 bits per heavy atom. The Hall–Kier alpha value is -1.89. The van der Waals surface area contributed by atoms with E-state index in [1.165, 1.54) is 38.8 Å². The zero-order chi connectivity index (χ0) is 28.8. The van der Waals surface area contributed by atoms with Crippen LogP contribution in [0, 0.1) is 17.3 Å². The van der Waals surface area contributed by atoms with Crippen LogP contribution in [-0.2, 0) is 11.0 Å². The van der Waals surface area contributed by atoms with E-state index in [0.29, 0.717) is 23.7 Å². The van der Waals surface area contributed by atoms with E-state index < -0.39 is 59.2 Å². The maximum Gasteiger partial charge on any atom is 0.420 e. The topological polar surface area (TPSA) is 53.0 Å². The van der Waals surface area contributed by atoms with E-state index >= 15 is 0 Å². The van der Waals surface area contributed by atoms with Gasteiger partial charge in [-0.2, -0.15) is 13.2 Å². The zero-order valence-corrected chi connectivity index (χ0v) is 22.7. The molecule has 1 aliphatic heterocycles. The molecule has 38 heavy (non-hydrogen) atoms. The number of carboxylic acids is 1. The Labute approximate surface area is 221 Å². The molecule has 13 heteroatoms. The number of alkyl halides is 7. The van der Waals surface area contributed by atoms with E-state index in [1.54, 1.807) is 0 Å². The maximum absolute atomic E-state index is 13.9. The summed E-state index contributed by atoms with van der Waals surface area (Å²) >= 11 is 1.26. The number of rotatable bonds is 6. The first-order chi connectivity index (χ1) is 17.3. The molecule has 1 heterocycles. The highest BCUT2D eigenvalue weighted by molar-refractivity contribution is 7.97. The zero-order valence-electron chi connectivity index (χ0n) is 21.8. The number of likely N-dealkylation sites (N-methyl/N-ethyl adjacent to an activating group) is 1. The van der Waals surface area contributed by atoms with Crippen LogP contribution in [0.25, 0.3) is 0 Å². The van der Waals surface area contributed by atoms with Crippen LogP contribution in [0.15, 0.2) is 17.0 Å². The van der Waals surface area contributed by atoms with Crippen LogP contribution in [0.3, 0.4) is 0 Å². The number of nitrogens with zero attached hydrogens (tertiary/aromatic N) is 2. The summed E-state index contributed by atoms with van der Waals surface area (Å²) in [6.07, 6.45) is -4.26. The second-order valence-electron chi connectivity index (χ2n) is 10.9. The van der Waals surface area contributed by atoms with Gasteiger partial charge in [-0.05, 0) is 64.7 Å². The van der Waals surface area contributed by atoms with Crippen molar-refractivity contribution in [2.75, 3.05) is 31.6 Å². The van der Waals surface area contributed by atoms with Gasteiger partial charge < -0.3 is 14.7 Å². The number of aliphatic carboxylic acids is 1. The lowest BCUT2D eigenvalue weighted by atomic mass is 9.95. The van der Waals surface area contributed by atoms with Gasteiger partial charge in [0.15, 0.2) is 0 Å². The molecule has 0 radical (unpaired) electrons. The number of fused-ring (bicyclic) bond motifs is 2. The highest BCUT2D eigenvalue weighted by atomic mass is 32.2. The smallest absolute Gasteiger partial charge is 0.420 e. The van der Waals surface area contributed by atoms with Crippen molar-refractivity contribution in [3.8, 4) is 5.75 Å². The molecule has 2 aliphatic carbocycles. The molecule has 2 fully saturated rings. The molecule has 1 aromatic carbocycles. The number of carbonyl (C=O) groups is 1. The molecule has 5 nitrogen and oxygen atoms in total. The fourth-order valence-corrected chi connectivity index (χ4v) is 5.45. The number of hydrogen-bond acceptors (Lipinski definition) is 5. The lowest BCUT2D eigenvalue weighted by molar-refractivity contribution is -0.148. The molecule has 2 unspecified atom stereocenters. The van der Waals surface area contributed by atoms with Gasteiger partial charge in [-0.25, -0.2) is 21.9 Å². The Balaban J connectivity index is 0.000000599. The molecule has 1 aromatic rings. The number of carboxylic acid groups (broad SMARTS) is 1. The van der Waals surface area contributed by atoms with Crippen molar-refractivity contribution in [3.63, 3.8) is 0 Å². The number of ether oxygens (including phenoxy) is 1. The van der Waals surface area contributed by atoms with Gasteiger partial charge in [-0.3, -0.25) is 4.79 Å². The Kier molecular flexibility index (Phi) is 8.54. The SMILES string of the molecule is CCC(C)(F)F.CN1CCN(C2CC3C(C2)C3(F)F)c2cc(C(F)(F)F)c(OCC(C)(C)C(=O)O)cc2S1. The normalized spacial score (nSPS) is 25.1. The van der Waals surface area contributed by atoms with E-state index in [4.69, 9.17) is 4.74 Å². The van der Waals surface area contributed by atoms with Crippen molar-refractivity contribution >= 4 is 23.6 Å². The molecular weight excluding hydrogens is 541 g/mol. The van der Waals surface area contributed by atoms with Crippen LogP contribution in [-0.4, -0.2) is 60.0 Å². The lowest BCUT2D eigenvalue weighted by Crippen LogP contribution is -2.39. The van der Waals surface area contributed by atoms with Crippen LogP contribution in [0.5, 0.6) is 5.75 Å². The van der Waals surface area contributed by atoms with Gasteiger partial charge in [0.1, 0.15) is 12.4 Å². The minimum Gasteiger partial charge on any atom is -0.492 e. The van der Waals surface area contributed by atoms with Crippen molar-refractivity contribution < 1.29 is 45.4 Å². The summed E-state index contributed by atoms with van der Waals surface area (Å²) in [7, 11) is 1.81. The molecule has 0 bridgehead atoms. The van der Waals surface area contributed by atoms with Crippen LogP contribution < -0.4 is 9.64 Å². The van der Waals surface area contributed by atoms with Gasteiger partial charge in [0.25, 0.3) is 5.92 Å². The second-order valence-corrected chi connectivity index (χ2v) is 12.1. The molecular formula is C25H33F7N2O3S. The second kappa shape index (κ2) is 10.6. The average Bonchev–Trinajstić information content (AvgIpc) is 3.10. The predicted molar refractivity (Wildman–Crippen MR) is 130 cm³/mol. The molecule has 2 atom stereocenters. The van der Waals surface area contributed by atoms with Gasteiger partial charge in [-0.15, -0.1) is 0 Å². The third-order valence-electron chi connectivity index (χ3n) is 7.23. The van der Waals surface area contributed by atoms with Gasteiger partial charge in [0.05, 0.1) is 21.6 Å². The maximum atomic E-state index is 13.9. The molecule has 216 valence electrons. The van der Waals surface area contributed by atoms with Crippen molar-refractivity contribution in [3.05, 3.63) is 17.7 Å². The van der Waals surface area contributed by atoms with Crippen LogP contribution in [0.4, 0.5) is 36.4 Å². The Bertz CT molecular complexity index is 1020. The molecule has 2 saturated carbocycles. The molecule has 0 spiro atoms. The predicted octanol–water partition coefficient (Wildman–Crippen LogP) is 7.05. The summed E-state index contributed by atoms with van der Waals surface area (Å²) < 4.78 is 99.3. The fraction of sp³-hybridized carbons (Fsp3) is 0.720. The third kappa shape index (κ3) is 6.81. The van der Waals surface area contributed by atoms with Gasteiger partial charge in [0.2, 0.25) is 5.92 Å². The van der Waals surface area contributed by atoms with Crippen LogP contribution >= 0.6 is 11.9 Å². The molecule has 0 amide bonds. The van der Waals surface area contributed by atoms with Gasteiger partial charge in [-0.1, -0.05) is 6.92 Å². The van der Waals surface area contributed by atoms with Crippen molar-refractivity contribution in [1.29, 1.82) is 0 Å². The first kappa shape index (κ1) is 30.6. The summed E-state index contributed by atoms with van der Waals surface area (Å²) in [6, 6.07) is 2.07. The van der Waals surface area contributed by atoms with Crippen molar-refractivity contribution in [2.24, 2.45) is 17.3 Å². The standard InChI is InChI=1S/C21H25F5N2O3S.C4H8F2/c1-19(2,18(29)30)10-31-16-9-17-15(8-14(16)21(24,25)26)28(5-4-27(3)32-17)11-6-12-13(7-11)20(12,22)23;1-3-4(2,5)6/h8-9,11-13H,4-7,10H2,1-3H3,(H,29,30);3H2,1-2H3. The summed E-state index contributed by atoms with van der Waals surface area (Å²) in [4.78, 5) is 13.7. The van der Waals surface area contributed by atoms with Crippen LogP contribution in [0.2, 0.25) is 0 Å². The average molecular weight is 575 g/mol. The van der Waals surface area contributed by atoms with Crippen molar-refractivity contribution in [1.82, 2.24) is 4.31 Å². The number of anilines is 1. The summed E-state index contributed by atoms with van der Waals surface area (Å²) in [5, 5.41) is 9.26. The molecule has 0 aromatic heterocycles.